The van der Waals surface area contributed by atoms with Crippen LogP contribution in [-0.2, 0) is 4.79 Å². The van der Waals surface area contributed by atoms with Crippen LogP contribution in [0.1, 0.15) is 6.42 Å². The van der Waals surface area contributed by atoms with E-state index < -0.39 is 0 Å². The van der Waals surface area contributed by atoms with Gasteiger partial charge >= 0.3 is 0 Å². The van der Waals surface area contributed by atoms with Gasteiger partial charge in [-0.25, -0.2) is 4.98 Å². The third-order valence-electron chi connectivity index (χ3n) is 3.90. The Labute approximate surface area is 149 Å². The summed E-state index contributed by atoms with van der Waals surface area (Å²) >= 11 is 3.38. The second-order valence-corrected chi connectivity index (χ2v) is 6.40. The van der Waals surface area contributed by atoms with Gasteiger partial charge in [-0.2, -0.15) is 0 Å². The lowest BCUT2D eigenvalue weighted by atomic mass is 10.3. The van der Waals surface area contributed by atoms with Gasteiger partial charge < -0.3 is 14.5 Å². The van der Waals surface area contributed by atoms with Crippen LogP contribution in [-0.4, -0.2) is 53.6 Å². The summed E-state index contributed by atoms with van der Waals surface area (Å²) in [5.41, 5.74) is 0. The van der Waals surface area contributed by atoms with Crippen molar-refractivity contribution in [1.82, 2.24) is 14.9 Å². The lowest BCUT2D eigenvalue weighted by Crippen LogP contribution is -2.49. The number of halogens is 1. The number of piperazine rings is 1. The Hall–Kier alpha value is -2.15. The Morgan fingerprint density at radius 2 is 1.88 bits per heavy atom. The fourth-order valence-electron chi connectivity index (χ4n) is 2.58. The lowest BCUT2D eigenvalue weighted by Gasteiger charge is -2.35. The van der Waals surface area contributed by atoms with Crippen LogP contribution in [0.4, 0.5) is 5.82 Å². The molecular formula is C17H19BrN4O2. The van der Waals surface area contributed by atoms with Crippen molar-refractivity contribution in [2.45, 2.75) is 6.42 Å². The van der Waals surface area contributed by atoms with E-state index in [1.54, 1.807) is 18.6 Å². The van der Waals surface area contributed by atoms with Crippen LogP contribution in [0.5, 0.6) is 5.75 Å². The van der Waals surface area contributed by atoms with Crippen molar-refractivity contribution in [2.24, 2.45) is 0 Å². The number of carbonyl (C=O) groups is 1. The molecule has 1 saturated heterocycles. The molecule has 126 valence electrons. The molecule has 0 radical (unpaired) electrons. The van der Waals surface area contributed by atoms with Crippen molar-refractivity contribution < 1.29 is 9.53 Å². The molecule has 1 aliphatic heterocycles. The molecule has 1 fully saturated rings. The fraction of sp³-hybridized carbons (Fsp3) is 0.353. The Morgan fingerprint density at radius 3 is 2.54 bits per heavy atom. The summed E-state index contributed by atoms with van der Waals surface area (Å²) in [5.74, 6) is 1.77. The summed E-state index contributed by atoms with van der Waals surface area (Å²) in [6.45, 7) is 3.35. The summed E-state index contributed by atoms with van der Waals surface area (Å²) in [5, 5.41) is 0. The number of rotatable bonds is 5. The van der Waals surface area contributed by atoms with Gasteiger partial charge in [-0.05, 0) is 24.3 Å². The average Bonchev–Trinajstić information content (AvgIpc) is 2.64. The van der Waals surface area contributed by atoms with E-state index in [4.69, 9.17) is 4.74 Å². The average molecular weight is 391 g/mol. The van der Waals surface area contributed by atoms with Gasteiger partial charge in [-0.1, -0.05) is 15.9 Å². The SMILES string of the molecule is O=C(CCOc1ccc(Br)cc1)N1CCN(c2cnccn2)CC1. The van der Waals surface area contributed by atoms with Crippen LogP contribution < -0.4 is 9.64 Å². The minimum atomic E-state index is 0.130. The van der Waals surface area contributed by atoms with E-state index in [0.29, 0.717) is 26.1 Å². The fourth-order valence-corrected chi connectivity index (χ4v) is 2.85. The Bertz CT molecular complexity index is 658. The van der Waals surface area contributed by atoms with E-state index in [-0.39, 0.29) is 5.91 Å². The molecule has 0 spiro atoms. The molecule has 0 unspecified atom stereocenters. The summed E-state index contributed by atoms with van der Waals surface area (Å²) in [7, 11) is 0. The summed E-state index contributed by atoms with van der Waals surface area (Å²) in [4.78, 5) is 24.7. The van der Waals surface area contributed by atoms with Crippen LogP contribution in [0.25, 0.3) is 0 Å². The molecule has 0 bridgehead atoms. The molecule has 0 N–H and O–H groups in total. The van der Waals surface area contributed by atoms with Gasteiger partial charge in [0.15, 0.2) is 0 Å². The van der Waals surface area contributed by atoms with Crippen molar-refractivity contribution in [1.29, 1.82) is 0 Å². The van der Waals surface area contributed by atoms with E-state index >= 15 is 0 Å². The molecule has 7 heteroatoms. The molecule has 6 nitrogen and oxygen atoms in total. The van der Waals surface area contributed by atoms with Crippen molar-refractivity contribution in [3.05, 3.63) is 47.3 Å². The zero-order chi connectivity index (χ0) is 16.8. The first-order valence-corrected chi connectivity index (χ1v) is 8.69. The molecule has 1 aliphatic rings. The second-order valence-electron chi connectivity index (χ2n) is 5.48. The smallest absolute Gasteiger partial charge is 0.226 e. The van der Waals surface area contributed by atoms with E-state index in [9.17, 15) is 4.79 Å². The topological polar surface area (TPSA) is 58.6 Å². The number of benzene rings is 1. The van der Waals surface area contributed by atoms with E-state index in [0.717, 1.165) is 29.1 Å². The Balaban J connectivity index is 1.41. The highest BCUT2D eigenvalue weighted by atomic mass is 79.9. The maximum atomic E-state index is 12.3. The predicted octanol–water partition coefficient (Wildman–Crippen LogP) is 2.36. The first kappa shape index (κ1) is 16.7. The minimum Gasteiger partial charge on any atom is -0.493 e. The largest absolute Gasteiger partial charge is 0.493 e. The molecule has 3 rings (SSSR count). The highest BCUT2D eigenvalue weighted by molar-refractivity contribution is 9.10. The quantitative estimate of drug-likeness (QED) is 0.783. The molecule has 0 aliphatic carbocycles. The first-order chi connectivity index (χ1) is 11.7. The number of amides is 1. The Kier molecular flexibility index (Phi) is 5.63. The molecule has 1 aromatic heterocycles. The highest BCUT2D eigenvalue weighted by Crippen LogP contribution is 2.16. The molecule has 0 atom stereocenters. The number of nitrogens with zero attached hydrogens (tertiary/aromatic N) is 4. The van der Waals surface area contributed by atoms with Crippen LogP contribution in [0, 0.1) is 0 Å². The van der Waals surface area contributed by atoms with Gasteiger partial charge in [0.2, 0.25) is 5.91 Å². The molecule has 24 heavy (non-hydrogen) atoms. The molecule has 2 heterocycles. The highest BCUT2D eigenvalue weighted by Gasteiger charge is 2.21. The number of anilines is 1. The number of hydrogen-bond donors (Lipinski definition) is 0. The summed E-state index contributed by atoms with van der Waals surface area (Å²) in [6.07, 6.45) is 5.49. The lowest BCUT2D eigenvalue weighted by molar-refractivity contribution is -0.132. The van der Waals surface area contributed by atoms with Crippen molar-refractivity contribution >= 4 is 27.7 Å². The minimum absolute atomic E-state index is 0.130. The van der Waals surface area contributed by atoms with Gasteiger partial charge in [0.25, 0.3) is 0 Å². The van der Waals surface area contributed by atoms with Crippen molar-refractivity contribution in [2.75, 3.05) is 37.7 Å². The third kappa shape index (κ3) is 4.44. The van der Waals surface area contributed by atoms with E-state index in [1.165, 1.54) is 0 Å². The van der Waals surface area contributed by atoms with Gasteiger partial charge in [-0.15, -0.1) is 0 Å². The maximum absolute atomic E-state index is 12.3. The monoisotopic (exact) mass is 390 g/mol. The third-order valence-corrected chi connectivity index (χ3v) is 4.43. The number of carbonyl (C=O) groups excluding carboxylic acids is 1. The van der Waals surface area contributed by atoms with Crippen LogP contribution in [0.2, 0.25) is 0 Å². The zero-order valence-electron chi connectivity index (χ0n) is 13.3. The maximum Gasteiger partial charge on any atom is 0.226 e. The standard InChI is InChI=1S/C17H19BrN4O2/c18-14-1-3-15(4-2-14)24-12-5-17(23)22-10-8-21(9-11-22)16-13-19-6-7-20-16/h1-4,6-7,13H,5,8-12H2. The van der Waals surface area contributed by atoms with Gasteiger partial charge in [0.05, 0.1) is 19.2 Å². The molecular weight excluding hydrogens is 372 g/mol. The van der Waals surface area contributed by atoms with E-state index in [1.807, 2.05) is 29.2 Å². The molecule has 1 aromatic carbocycles. The van der Waals surface area contributed by atoms with Gasteiger partial charge in [0, 0.05) is 43.0 Å². The predicted molar refractivity (Wildman–Crippen MR) is 95.1 cm³/mol. The number of aromatic nitrogens is 2. The molecule has 1 amide bonds. The normalized spacial score (nSPS) is 14.5. The summed E-state index contributed by atoms with van der Waals surface area (Å²) in [6, 6.07) is 7.61. The number of ether oxygens (including phenoxy) is 1. The molecule has 2 aromatic rings. The van der Waals surface area contributed by atoms with Crippen molar-refractivity contribution in [3.8, 4) is 5.75 Å². The van der Waals surface area contributed by atoms with E-state index in [2.05, 4.69) is 30.8 Å². The van der Waals surface area contributed by atoms with Crippen LogP contribution in [0.15, 0.2) is 47.3 Å². The van der Waals surface area contributed by atoms with Crippen LogP contribution >= 0.6 is 15.9 Å². The number of hydrogen-bond acceptors (Lipinski definition) is 5. The second kappa shape index (κ2) is 8.10. The molecule has 0 saturated carbocycles. The van der Waals surface area contributed by atoms with Crippen molar-refractivity contribution in [3.63, 3.8) is 0 Å². The summed E-state index contributed by atoms with van der Waals surface area (Å²) < 4.78 is 6.62. The first-order valence-electron chi connectivity index (χ1n) is 7.89. The van der Waals surface area contributed by atoms with Gasteiger partial charge in [-0.3, -0.25) is 9.78 Å². The Morgan fingerprint density at radius 1 is 1.12 bits per heavy atom. The van der Waals surface area contributed by atoms with Gasteiger partial charge in [0.1, 0.15) is 11.6 Å². The zero-order valence-corrected chi connectivity index (χ0v) is 14.9. The van der Waals surface area contributed by atoms with Crippen LogP contribution in [0.3, 0.4) is 0 Å².